The minimum absolute atomic E-state index is 0.0574. The van der Waals surface area contributed by atoms with Gasteiger partial charge < -0.3 is 10.6 Å². The molecule has 94 valence electrons. The predicted octanol–water partition coefficient (Wildman–Crippen LogP) is 1.48. The van der Waals surface area contributed by atoms with Crippen molar-refractivity contribution in [3.8, 4) is 0 Å². The van der Waals surface area contributed by atoms with E-state index in [0.29, 0.717) is 0 Å². The molecule has 0 radical (unpaired) electrons. The van der Waals surface area contributed by atoms with Gasteiger partial charge in [0, 0.05) is 28.6 Å². The molecular formula is C11H21IN2O2. The molecule has 0 aromatic heterocycles. The third-order valence-electron chi connectivity index (χ3n) is 2.16. The van der Waals surface area contributed by atoms with E-state index >= 15 is 0 Å². The van der Waals surface area contributed by atoms with Crippen molar-refractivity contribution in [3.63, 3.8) is 0 Å². The molecule has 0 saturated carbocycles. The van der Waals surface area contributed by atoms with E-state index in [4.69, 9.17) is 0 Å². The standard InChI is InChI=1S/C11H21IN2O2/c1-6(2)9(13-7(3)4)11(16)14-8(5)10(12)15/h6-9,13H,1-5H3,(H,14,16)/t8-,9-/m0/s1. The van der Waals surface area contributed by atoms with E-state index in [1.54, 1.807) is 29.5 Å². The van der Waals surface area contributed by atoms with E-state index in [0.717, 1.165) is 0 Å². The third-order valence-corrected chi connectivity index (χ3v) is 3.10. The molecule has 0 saturated heterocycles. The van der Waals surface area contributed by atoms with Crippen molar-refractivity contribution in [2.24, 2.45) is 5.92 Å². The molecule has 16 heavy (non-hydrogen) atoms. The molecule has 0 spiro atoms. The largest absolute Gasteiger partial charge is 0.344 e. The van der Waals surface area contributed by atoms with Crippen molar-refractivity contribution < 1.29 is 9.59 Å². The first-order valence-corrected chi connectivity index (χ1v) is 6.59. The van der Waals surface area contributed by atoms with Crippen molar-refractivity contribution in [1.29, 1.82) is 0 Å². The van der Waals surface area contributed by atoms with Crippen LogP contribution in [0, 0.1) is 5.92 Å². The summed E-state index contributed by atoms with van der Waals surface area (Å²) >= 11 is 1.69. The highest BCUT2D eigenvalue weighted by molar-refractivity contribution is 14.1. The van der Waals surface area contributed by atoms with Gasteiger partial charge in [0.15, 0.2) is 0 Å². The van der Waals surface area contributed by atoms with Gasteiger partial charge in [0.05, 0.1) is 12.1 Å². The zero-order valence-electron chi connectivity index (χ0n) is 10.5. The number of halogens is 1. The normalized spacial score (nSPS) is 15.0. The molecule has 2 N–H and O–H groups in total. The lowest BCUT2D eigenvalue weighted by Gasteiger charge is -2.25. The molecule has 2 atom stereocenters. The van der Waals surface area contributed by atoms with Gasteiger partial charge in [0.25, 0.3) is 0 Å². The van der Waals surface area contributed by atoms with Crippen LogP contribution in [0.5, 0.6) is 0 Å². The molecule has 0 bridgehead atoms. The third kappa shape index (κ3) is 5.79. The highest BCUT2D eigenvalue weighted by Crippen LogP contribution is 2.04. The summed E-state index contributed by atoms with van der Waals surface area (Å²) in [7, 11) is 0. The van der Waals surface area contributed by atoms with Gasteiger partial charge in [-0.1, -0.05) is 27.7 Å². The Morgan fingerprint density at radius 3 is 1.88 bits per heavy atom. The summed E-state index contributed by atoms with van der Waals surface area (Å²) in [5.41, 5.74) is 0. The monoisotopic (exact) mass is 340 g/mol. The van der Waals surface area contributed by atoms with E-state index in [9.17, 15) is 9.59 Å². The first-order valence-electron chi connectivity index (χ1n) is 5.51. The Bertz CT molecular complexity index is 254. The van der Waals surface area contributed by atoms with Crippen LogP contribution in [0.1, 0.15) is 34.6 Å². The smallest absolute Gasteiger partial charge is 0.238 e. The highest BCUT2D eigenvalue weighted by Gasteiger charge is 2.24. The van der Waals surface area contributed by atoms with Crippen molar-refractivity contribution in [1.82, 2.24) is 10.6 Å². The van der Waals surface area contributed by atoms with Gasteiger partial charge in [-0.05, 0) is 12.8 Å². The summed E-state index contributed by atoms with van der Waals surface area (Å²) in [6.07, 6.45) is 0. The van der Waals surface area contributed by atoms with Gasteiger partial charge in [-0.25, -0.2) is 0 Å². The molecule has 0 rings (SSSR count). The van der Waals surface area contributed by atoms with Crippen molar-refractivity contribution >= 4 is 32.3 Å². The molecule has 0 heterocycles. The Morgan fingerprint density at radius 1 is 1.06 bits per heavy atom. The summed E-state index contributed by atoms with van der Waals surface area (Å²) in [6.45, 7) is 9.65. The highest BCUT2D eigenvalue weighted by atomic mass is 127. The molecule has 0 aliphatic heterocycles. The quantitative estimate of drug-likeness (QED) is 0.569. The molecule has 0 aromatic rings. The molecule has 0 aliphatic carbocycles. The number of nitrogens with one attached hydrogen (secondary N) is 2. The molecule has 0 aromatic carbocycles. The molecule has 1 amide bonds. The molecule has 4 nitrogen and oxygen atoms in total. The molecule has 0 fully saturated rings. The Hall–Kier alpha value is -0.170. The van der Waals surface area contributed by atoms with E-state index in [1.165, 1.54) is 0 Å². The number of carbonyl (C=O) groups is 2. The van der Waals surface area contributed by atoms with Gasteiger partial charge >= 0.3 is 0 Å². The Labute approximate surface area is 111 Å². The second-order valence-electron chi connectivity index (χ2n) is 4.58. The van der Waals surface area contributed by atoms with E-state index in [-0.39, 0.29) is 27.7 Å². The van der Waals surface area contributed by atoms with Gasteiger partial charge in [-0.15, -0.1) is 0 Å². The summed E-state index contributed by atoms with van der Waals surface area (Å²) in [5.74, 6) is 0.0835. The van der Waals surface area contributed by atoms with Crippen LogP contribution in [-0.4, -0.2) is 27.8 Å². The van der Waals surface area contributed by atoms with Crippen LogP contribution in [0.4, 0.5) is 0 Å². The zero-order chi connectivity index (χ0) is 12.9. The topological polar surface area (TPSA) is 58.2 Å². The maximum atomic E-state index is 11.9. The lowest BCUT2D eigenvalue weighted by atomic mass is 10.0. The molecule has 0 aliphatic rings. The minimum Gasteiger partial charge on any atom is -0.344 e. The second kappa shape index (κ2) is 7.21. The van der Waals surface area contributed by atoms with Gasteiger partial charge in [-0.3, -0.25) is 9.59 Å². The first kappa shape index (κ1) is 15.8. The van der Waals surface area contributed by atoms with Crippen LogP contribution >= 0.6 is 22.6 Å². The Balaban J connectivity index is 4.44. The average Bonchev–Trinajstić information content (AvgIpc) is 2.12. The van der Waals surface area contributed by atoms with Gasteiger partial charge in [0.2, 0.25) is 9.70 Å². The number of rotatable bonds is 6. The summed E-state index contributed by atoms with van der Waals surface area (Å²) < 4.78 is -0.0574. The minimum atomic E-state index is -0.427. The van der Waals surface area contributed by atoms with Crippen LogP contribution in [0.2, 0.25) is 0 Å². The maximum absolute atomic E-state index is 11.9. The lowest BCUT2D eigenvalue weighted by Crippen LogP contribution is -2.52. The fraction of sp³-hybridized carbons (Fsp3) is 0.818. The van der Waals surface area contributed by atoms with Crippen molar-refractivity contribution in [3.05, 3.63) is 0 Å². The van der Waals surface area contributed by atoms with Crippen molar-refractivity contribution in [2.45, 2.75) is 52.7 Å². The second-order valence-corrected chi connectivity index (χ2v) is 5.64. The van der Waals surface area contributed by atoms with Crippen LogP contribution in [0.15, 0.2) is 0 Å². The number of hydrogen-bond donors (Lipinski definition) is 2. The number of carbonyl (C=O) groups excluding carboxylic acids is 2. The summed E-state index contributed by atoms with van der Waals surface area (Å²) in [5, 5.41) is 5.91. The molecule has 0 unspecified atom stereocenters. The fourth-order valence-corrected chi connectivity index (χ4v) is 1.45. The fourth-order valence-electron chi connectivity index (χ4n) is 1.29. The van der Waals surface area contributed by atoms with E-state index < -0.39 is 6.04 Å². The van der Waals surface area contributed by atoms with E-state index in [1.807, 2.05) is 27.7 Å². The SMILES string of the molecule is CC(C)N[C@H](C(=O)N[C@@H](C)C(=O)I)C(C)C. The van der Waals surface area contributed by atoms with Crippen LogP contribution in [0.25, 0.3) is 0 Å². The zero-order valence-corrected chi connectivity index (χ0v) is 12.7. The number of amides is 1. The van der Waals surface area contributed by atoms with Gasteiger partial charge in [-0.2, -0.15) is 0 Å². The first-order chi connectivity index (χ1) is 7.25. The summed E-state index contributed by atoms with van der Waals surface area (Å²) in [6, 6.07) is -0.440. The number of hydrogen-bond acceptors (Lipinski definition) is 3. The van der Waals surface area contributed by atoms with E-state index in [2.05, 4.69) is 10.6 Å². The summed E-state index contributed by atoms with van der Waals surface area (Å²) in [4.78, 5) is 23.0. The molecule has 5 heteroatoms. The maximum Gasteiger partial charge on any atom is 0.238 e. The average molecular weight is 340 g/mol. The Morgan fingerprint density at radius 2 is 1.56 bits per heavy atom. The Kier molecular flexibility index (Phi) is 7.14. The van der Waals surface area contributed by atoms with Crippen LogP contribution < -0.4 is 10.6 Å². The van der Waals surface area contributed by atoms with Crippen LogP contribution in [-0.2, 0) is 9.59 Å². The predicted molar refractivity (Wildman–Crippen MR) is 73.5 cm³/mol. The molecular weight excluding hydrogens is 319 g/mol. The van der Waals surface area contributed by atoms with Crippen LogP contribution in [0.3, 0.4) is 0 Å². The lowest BCUT2D eigenvalue weighted by molar-refractivity contribution is -0.126. The van der Waals surface area contributed by atoms with Gasteiger partial charge in [0.1, 0.15) is 0 Å². The van der Waals surface area contributed by atoms with Crippen molar-refractivity contribution in [2.75, 3.05) is 0 Å².